The maximum Gasteiger partial charge on any atom is 0.236 e. The molecule has 3 nitrogen and oxygen atoms in total. The third kappa shape index (κ3) is 3.30. The van der Waals surface area contributed by atoms with Gasteiger partial charge in [-0.2, -0.15) is 0 Å². The van der Waals surface area contributed by atoms with E-state index in [0.29, 0.717) is 6.54 Å². The molecule has 1 N–H and O–H groups in total. The van der Waals surface area contributed by atoms with Crippen LogP contribution >= 0.6 is 0 Å². The maximum atomic E-state index is 11.8. The summed E-state index contributed by atoms with van der Waals surface area (Å²) < 4.78 is 0. The van der Waals surface area contributed by atoms with E-state index in [9.17, 15) is 4.79 Å². The minimum absolute atomic E-state index is 0.232. The molecule has 1 amide bonds. The van der Waals surface area contributed by atoms with Gasteiger partial charge in [-0.15, -0.1) is 0 Å². The lowest BCUT2D eigenvalue weighted by atomic mass is 10.1. The van der Waals surface area contributed by atoms with Gasteiger partial charge >= 0.3 is 0 Å². The Labute approximate surface area is 103 Å². The van der Waals surface area contributed by atoms with Gasteiger partial charge in [-0.25, -0.2) is 0 Å². The molecule has 0 saturated carbocycles. The largest absolute Gasteiger partial charge is 0.342 e. The van der Waals surface area contributed by atoms with Gasteiger partial charge in [0.05, 0.1) is 6.54 Å². The summed E-state index contributed by atoms with van der Waals surface area (Å²) in [6, 6.07) is 8.27. The quantitative estimate of drug-likeness (QED) is 0.857. The van der Waals surface area contributed by atoms with Crippen LogP contribution in [-0.2, 0) is 11.3 Å². The van der Waals surface area contributed by atoms with Gasteiger partial charge in [0.1, 0.15) is 0 Å². The summed E-state index contributed by atoms with van der Waals surface area (Å²) in [5.74, 6) is 0.232. The highest BCUT2D eigenvalue weighted by Gasteiger charge is 2.16. The summed E-state index contributed by atoms with van der Waals surface area (Å²) in [6.45, 7) is 5.19. The Morgan fingerprint density at radius 2 is 2.00 bits per heavy atom. The first-order valence-electron chi connectivity index (χ1n) is 6.30. The smallest absolute Gasteiger partial charge is 0.236 e. The molecule has 1 aliphatic heterocycles. The number of amides is 1. The van der Waals surface area contributed by atoms with Gasteiger partial charge < -0.3 is 10.2 Å². The Bertz CT molecular complexity index is 384. The second-order valence-corrected chi connectivity index (χ2v) is 4.62. The van der Waals surface area contributed by atoms with Gasteiger partial charge in [0, 0.05) is 19.6 Å². The highest BCUT2D eigenvalue weighted by molar-refractivity contribution is 5.78. The molecule has 1 aromatic carbocycles. The van der Waals surface area contributed by atoms with E-state index in [2.05, 4.69) is 24.4 Å². The summed E-state index contributed by atoms with van der Waals surface area (Å²) in [5.41, 5.74) is 2.54. The molecular formula is C14H20N2O. The van der Waals surface area contributed by atoms with Crippen molar-refractivity contribution in [2.45, 2.75) is 26.3 Å². The van der Waals surface area contributed by atoms with E-state index in [4.69, 9.17) is 0 Å². The molecule has 0 aromatic heterocycles. The second kappa shape index (κ2) is 5.82. The van der Waals surface area contributed by atoms with Crippen LogP contribution < -0.4 is 5.32 Å². The molecule has 2 rings (SSSR count). The maximum absolute atomic E-state index is 11.8. The lowest BCUT2D eigenvalue weighted by molar-refractivity contribution is -0.129. The number of nitrogens with one attached hydrogen (secondary N) is 1. The Morgan fingerprint density at radius 3 is 2.71 bits per heavy atom. The van der Waals surface area contributed by atoms with Crippen LogP contribution in [0.1, 0.15) is 24.0 Å². The Kier molecular flexibility index (Phi) is 4.15. The van der Waals surface area contributed by atoms with Gasteiger partial charge in [-0.05, 0) is 30.9 Å². The molecule has 0 unspecified atom stereocenters. The van der Waals surface area contributed by atoms with E-state index in [1.54, 1.807) is 0 Å². The fourth-order valence-electron chi connectivity index (χ4n) is 2.19. The summed E-state index contributed by atoms with van der Waals surface area (Å²) in [7, 11) is 0. The van der Waals surface area contributed by atoms with Crippen molar-refractivity contribution in [3.63, 3.8) is 0 Å². The first-order valence-corrected chi connectivity index (χ1v) is 6.30. The standard InChI is InChI=1S/C14H20N2O/c1-12-6-2-3-7-13(12)10-15-11-14(17)16-8-4-5-9-16/h2-3,6-7,15H,4-5,8-11H2,1H3. The summed E-state index contributed by atoms with van der Waals surface area (Å²) in [6.07, 6.45) is 2.31. The van der Waals surface area contributed by atoms with Crippen molar-refractivity contribution in [2.75, 3.05) is 19.6 Å². The Hall–Kier alpha value is -1.35. The highest BCUT2D eigenvalue weighted by atomic mass is 16.2. The molecule has 1 aliphatic rings. The van der Waals surface area contributed by atoms with Crippen LogP contribution in [0, 0.1) is 6.92 Å². The molecule has 0 radical (unpaired) electrons. The molecule has 0 bridgehead atoms. The van der Waals surface area contributed by atoms with Crippen molar-refractivity contribution in [3.05, 3.63) is 35.4 Å². The lowest BCUT2D eigenvalue weighted by Gasteiger charge is -2.15. The number of aryl methyl sites for hydroxylation is 1. The summed E-state index contributed by atoms with van der Waals surface area (Å²) >= 11 is 0. The van der Waals surface area contributed by atoms with Crippen molar-refractivity contribution in [1.29, 1.82) is 0 Å². The zero-order chi connectivity index (χ0) is 12.1. The van der Waals surface area contributed by atoms with E-state index in [0.717, 1.165) is 32.5 Å². The molecule has 1 saturated heterocycles. The minimum atomic E-state index is 0.232. The molecule has 92 valence electrons. The average molecular weight is 232 g/mol. The molecule has 1 fully saturated rings. The van der Waals surface area contributed by atoms with Crippen LogP contribution in [0.4, 0.5) is 0 Å². The van der Waals surface area contributed by atoms with Crippen LogP contribution in [0.25, 0.3) is 0 Å². The topological polar surface area (TPSA) is 32.3 Å². The Morgan fingerprint density at radius 1 is 1.29 bits per heavy atom. The number of nitrogens with zero attached hydrogens (tertiary/aromatic N) is 1. The zero-order valence-corrected chi connectivity index (χ0v) is 10.4. The SMILES string of the molecule is Cc1ccccc1CNCC(=O)N1CCCC1. The second-order valence-electron chi connectivity index (χ2n) is 4.62. The van der Waals surface area contributed by atoms with E-state index >= 15 is 0 Å². The zero-order valence-electron chi connectivity index (χ0n) is 10.4. The number of carbonyl (C=O) groups is 1. The van der Waals surface area contributed by atoms with Crippen molar-refractivity contribution >= 4 is 5.91 Å². The summed E-state index contributed by atoms with van der Waals surface area (Å²) in [5, 5.41) is 3.23. The van der Waals surface area contributed by atoms with Crippen molar-refractivity contribution in [1.82, 2.24) is 10.2 Å². The van der Waals surface area contributed by atoms with Crippen molar-refractivity contribution < 1.29 is 4.79 Å². The lowest BCUT2D eigenvalue weighted by Crippen LogP contribution is -2.36. The predicted molar refractivity (Wildman–Crippen MR) is 68.7 cm³/mol. The van der Waals surface area contributed by atoms with Gasteiger partial charge in [-0.1, -0.05) is 24.3 Å². The molecule has 1 aromatic rings. The van der Waals surface area contributed by atoms with Crippen LogP contribution in [0.2, 0.25) is 0 Å². The molecular weight excluding hydrogens is 212 g/mol. The first-order chi connectivity index (χ1) is 8.27. The van der Waals surface area contributed by atoms with Gasteiger partial charge in [-0.3, -0.25) is 4.79 Å². The number of benzene rings is 1. The fourth-order valence-corrected chi connectivity index (χ4v) is 2.19. The van der Waals surface area contributed by atoms with Crippen molar-refractivity contribution in [2.24, 2.45) is 0 Å². The van der Waals surface area contributed by atoms with Gasteiger partial charge in [0.25, 0.3) is 0 Å². The van der Waals surface area contributed by atoms with E-state index < -0.39 is 0 Å². The number of likely N-dealkylation sites (tertiary alicyclic amines) is 1. The van der Waals surface area contributed by atoms with Crippen LogP contribution in [0.15, 0.2) is 24.3 Å². The predicted octanol–water partition coefficient (Wildman–Crippen LogP) is 1.71. The van der Waals surface area contributed by atoms with Crippen LogP contribution in [0.5, 0.6) is 0 Å². The molecule has 1 heterocycles. The van der Waals surface area contributed by atoms with Crippen LogP contribution in [-0.4, -0.2) is 30.4 Å². The van der Waals surface area contributed by atoms with Gasteiger partial charge in [0.15, 0.2) is 0 Å². The normalized spacial score (nSPS) is 15.2. The van der Waals surface area contributed by atoms with E-state index in [-0.39, 0.29) is 5.91 Å². The third-order valence-corrected chi connectivity index (χ3v) is 3.31. The number of rotatable bonds is 4. The number of hydrogen-bond acceptors (Lipinski definition) is 2. The van der Waals surface area contributed by atoms with E-state index in [1.807, 2.05) is 17.0 Å². The fraction of sp³-hybridized carbons (Fsp3) is 0.500. The third-order valence-electron chi connectivity index (χ3n) is 3.31. The minimum Gasteiger partial charge on any atom is -0.342 e. The molecule has 0 aliphatic carbocycles. The van der Waals surface area contributed by atoms with E-state index in [1.165, 1.54) is 11.1 Å². The van der Waals surface area contributed by atoms with Gasteiger partial charge in [0.2, 0.25) is 5.91 Å². The van der Waals surface area contributed by atoms with Crippen LogP contribution in [0.3, 0.4) is 0 Å². The molecule has 0 spiro atoms. The summed E-state index contributed by atoms with van der Waals surface area (Å²) in [4.78, 5) is 13.7. The molecule has 17 heavy (non-hydrogen) atoms. The monoisotopic (exact) mass is 232 g/mol. The average Bonchev–Trinajstić information content (AvgIpc) is 2.85. The Balaban J connectivity index is 1.76. The first kappa shape index (κ1) is 12.1. The molecule has 3 heteroatoms. The highest BCUT2D eigenvalue weighted by Crippen LogP contribution is 2.08. The molecule has 0 atom stereocenters. The number of hydrogen-bond donors (Lipinski definition) is 1. The van der Waals surface area contributed by atoms with Crippen molar-refractivity contribution in [3.8, 4) is 0 Å². The number of carbonyl (C=O) groups excluding carboxylic acids is 1.